The third kappa shape index (κ3) is 3.05. The fourth-order valence-electron chi connectivity index (χ4n) is 2.31. The summed E-state index contributed by atoms with van der Waals surface area (Å²) < 4.78 is 25.9. The second-order valence-electron chi connectivity index (χ2n) is 4.83. The lowest BCUT2D eigenvalue weighted by Gasteiger charge is -2.24. The van der Waals surface area contributed by atoms with Crippen LogP contribution in [0.1, 0.15) is 13.8 Å². The second-order valence-corrected chi connectivity index (χ2v) is 7.15. The predicted octanol–water partition coefficient (Wildman–Crippen LogP) is 3.60. The van der Waals surface area contributed by atoms with Crippen LogP contribution in [0.4, 0.5) is 11.4 Å². The molecule has 0 aliphatic rings. The van der Waals surface area contributed by atoms with Crippen molar-refractivity contribution in [3.05, 3.63) is 47.5 Å². The molecule has 2 rings (SSSR count). The molecule has 2 aromatic rings. The van der Waals surface area contributed by atoms with Crippen molar-refractivity contribution in [2.24, 2.45) is 0 Å². The van der Waals surface area contributed by atoms with E-state index in [2.05, 4.69) is 0 Å². The number of benzene rings is 2. The van der Waals surface area contributed by atoms with Gasteiger partial charge in [-0.2, -0.15) is 0 Å². The number of hydrogen-bond acceptors (Lipinski definition) is 4. The van der Waals surface area contributed by atoms with Crippen molar-refractivity contribution in [1.82, 2.24) is 0 Å². The van der Waals surface area contributed by atoms with E-state index in [1.165, 1.54) is 18.2 Å². The zero-order valence-electron chi connectivity index (χ0n) is 12.6. The molecule has 0 aromatic heterocycles. The summed E-state index contributed by atoms with van der Waals surface area (Å²) in [5.74, 6) is 0. The molecule has 0 saturated carbocycles. The maximum absolute atomic E-state index is 12.9. The third-order valence-corrected chi connectivity index (χ3v) is 5.67. The van der Waals surface area contributed by atoms with Gasteiger partial charge in [-0.15, -0.1) is 0 Å². The summed E-state index contributed by atoms with van der Waals surface area (Å²) in [6, 6.07) is 11.4. The Morgan fingerprint density at radius 1 is 1.09 bits per heavy atom. The van der Waals surface area contributed by atoms with Gasteiger partial charge in [-0.1, -0.05) is 23.7 Å². The maximum atomic E-state index is 12.9. The Balaban J connectivity index is 2.61. The van der Waals surface area contributed by atoms with E-state index in [0.717, 1.165) is 13.1 Å². The molecule has 2 aromatic carbocycles. The monoisotopic (exact) mass is 338 g/mol. The number of hydrogen-bond donors (Lipinski definition) is 1. The van der Waals surface area contributed by atoms with Crippen LogP contribution in [0.5, 0.6) is 0 Å². The summed E-state index contributed by atoms with van der Waals surface area (Å²) >= 11 is 5.96. The minimum absolute atomic E-state index is 0.145. The average molecular weight is 339 g/mol. The first-order valence-corrected chi connectivity index (χ1v) is 8.92. The highest BCUT2D eigenvalue weighted by molar-refractivity contribution is 7.91. The highest BCUT2D eigenvalue weighted by atomic mass is 35.5. The van der Waals surface area contributed by atoms with Crippen LogP contribution in [0, 0.1) is 0 Å². The van der Waals surface area contributed by atoms with Crippen LogP contribution in [0.15, 0.2) is 52.3 Å². The fourth-order valence-corrected chi connectivity index (χ4v) is 4.06. The van der Waals surface area contributed by atoms with Crippen molar-refractivity contribution < 1.29 is 8.42 Å². The molecule has 0 aliphatic heterocycles. The number of rotatable bonds is 5. The molecule has 0 spiro atoms. The first-order valence-electron chi connectivity index (χ1n) is 7.05. The molecule has 0 atom stereocenters. The Kier molecular flexibility index (Phi) is 4.98. The molecule has 0 bridgehead atoms. The van der Waals surface area contributed by atoms with Crippen molar-refractivity contribution >= 4 is 32.8 Å². The highest BCUT2D eigenvalue weighted by Gasteiger charge is 2.23. The van der Waals surface area contributed by atoms with Crippen LogP contribution in [-0.4, -0.2) is 21.5 Å². The van der Waals surface area contributed by atoms with E-state index >= 15 is 0 Å². The molecule has 0 saturated heterocycles. The number of anilines is 2. The molecule has 0 heterocycles. The Morgan fingerprint density at radius 2 is 1.73 bits per heavy atom. The van der Waals surface area contributed by atoms with Crippen molar-refractivity contribution in [3.8, 4) is 0 Å². The summed E-state index contributed by atoms with van der Waals surface area (Å²) in [6.45, 7) is 5.44. The largest absolute Gasteiger partial charge is 0.398 e. The summed E-state index contributed by atoms with van der Waals surface area (Å²) in [5, 5.41) is 0.237. The van der Waals surface area contributed by atoms with Crippen LogP contribution < -0.4 is 10.6 Å². The number of nitrogens with zero attached hydrogens (tertiary/aromatic N) is 1. The summed E-state index contributed by atoms with van der Waals surface area (Å²) in [4.78, 5) is 2.43. The van der Waals surface area contributed by atoms with E-state index in [0.29, 0.717) is 11.4 Å². The molecule has 0 fully saturated rings. The van der Waals surface area contributed by atoms with Gasteiger partial charge < -0.3 is 10.6 Å². The van der Waals surface area contributed by atoms with Gasteiger partial charge in [-0.05, 0) is 44.2 Å². The molecule has 6 heteroatoms. The molecular formula is C16H19ClN2O2S. The van der Waals surface area contributed by atoms with Gasteiger partial charge in [0.2, 0.25) is 9.84 Å². The number of para-hydroxylation sites is 1. The Hall–Kier alpha value is -1.72. The zero-order valence-corrected chi connectivity index (χ0v) is 14.2. The maximum Gasteiger partial charge on any atom is 0.208 e. The minimum atomic E-state index is -3.66. The van der Waals surface area contributed by atoms with Crippen molar-refractivity contribution in [2.75, 3.05) is 23.7 Å². The smallest absolute Gasteiger partial charge is 0.208 e. The molecule has 118 valence electrons. The number of nitrogen functional groups attached to an aromatic ring is 1. The lowest BCUT2D eigenvalue weighted by molar-refractivity contribution is 0.595. The van der Waals surface area contributed by atoms with E-state index in [1.807, 2.05) is 30.9 Å². The Bertz CT molecular complexity index is 771. The normalized spacial score (nSPS) is 11.4. The van der Waals surface area contributed by atoms with Crippen molar-refractivity contribution in [3.63, 3.8) is 0 Å². The lowest BCUT2D eigenvalue weighted by Crippen LogP contribution is -2.24. The Morgan fingerprint density at radius 3 is 2.32 bits per heavy atom. The molecule has 0 radical (unpaired) electrons. The topological polar surface area (TPSA) is 63.4 Å². The second kappa shape index (κ2) is 6.58. The first kappa shape index (κ1) is 16.6. The van der Waals surface area contributed by atoms with Crippen LogP contribution in [0.25, 0.3) is 0 Å². The predicted molar refractivity (Wildman–Crippen MR) is 91.3 cm³/mol. The van der Waals surface area contributed by atoms with Gasteiger partial charge in [0, 0.05) is 13.1 Å². The van der Waals surface area contributed by atoms with E-state index in [4.69, 9.17) is 17.3 Å². The fraction of sp³-hybridized carbons (Fsp3) is 0.250. The van der Waals surface area contributed by atoms with Gasteiger partial charge in [-0.25, -0.2) is 8.42 Å². The number of nitrogens with two attached hydrogens (primary N) is 1. The van der Waals surface area contributed by atoms with Crippen LogP contribution in [0.2, 0.25) is 5.02 Å². The summed E-state index contributed by atoms with van der Waals surface area (Å²) in [7, 11) is -3.66. The molecule has 4 nitrogen and oxygen atoms in total. The van der Waals surface area contributed by atoms with Crippen LogP contribution in [0.3, 0.4) is 0 Å². The van der Waals surface area contributed by atoms with Crippen LogP contribution in [-0.2, 0) is 9.84 Å². The quantitative estimate of drug-likeness (QED) is 0.846. The summed E-state index contributed by atoms with van der Waals surface area (Å²) in [5.41, 5.74) is 6.71. The number of sulfone groups is 1. The van der Waals surface area contributed by atoms with E-state index in [9.17, 15) is 8.42 Å². The lowest BCUT2D eigenvalue weighted by atomic mass is 10.3. The molecule has 0 amide bonds. The van der Waals surface area contributed by atoms with E-state index < -0.39 is 9.84 Å². The molecule has 0 unspecified atom stereocenters. The van der Waals surface area contributed by atoms with Gasteiger partial charge in [-0.3, -0.25) is 0 Å². The van der Waals surface area contributed by atoms with Crippen molar-refractivity contribution in [1.29, 1.82) is 0 Å². The number of halogens is 1. The average Bonchev–Trinajstić information content (AvgIpc) is 2.51. The SMILES string of the molecule is CCN(CC)c1ccccc1S(=O)(=O)c1ccc(N)c(Cl)c1. The van der Waals surface area contributed by atoms with Gasteiger partial charge in [0.1, 0.15) is 0 Å². The Labute approximate surface area is 136 Å². The molecule has 22 heavy (non-hydrogen) atoms. The van der Waals surface area contributed by atoms with E-state index in [1.54, 1.807) is 12.1 Å². The van der Waals surface area contributed by atoms with Crippen molar-refractivity contribution in [2.45, 2.75) is 23.6 Å². The van der Waals surface area contributed by atoms with Gasteiger partial charge >= 0.3 is 0 Å². The zero-order chi connectivity index (χ0) is 16.3. The van der Waals surface area contributed by atoms with Gasteiger partial charge in [0.25, 0.3) is 0 Å². The standard InChI is InChI=1S/C16H19ClN2O2S/c1-3-19(4-2)15-7-5-6-8-16(15)22(20,21)12-9-10-14(18)13(17)11-12/h5-11H,3-4,18H2,1-2H3. The van der Waals surface area contributed by atoms with Gasteiger partial charge in [0.15, 0.2) is 0 Å². The molecular weight excluding hydrogens is 320 g/mol. The van der Waals surface area contributed by atoms with Gasteiger partial charge in [0.05, 0.1) is 26.2 Å². The summed E-state index contributed by atoms with van der Waals surface area (Å²) in [6.07, 6.45) is 0. The first-order chi connectivity index (χ1) is 10.4. The molecule has 0 aliphatic carbocycles. The highest BCUT2D eigenvalue weighted by Crippen LogP contribution is 2.32. The van der Waals surface area contributed by atoms with E-state index in [-0.39, 0.29) is 14.8 Å². The van der Waals surface area contributed by atoms with Crippen LogP contribution >= 0.6 is 11.6 Å². The third-order valence-electron chi connectivity index (χ3n) is 3.54. The minimum Gasteiger partial charge on any atom is -0.398 e. The molecule has 2 N–H and O–H groups in total.